The van der Waals surface area contributed by atoms with Gasteiger partial charge in [0.2, 0.25) is 5.91 Å². The van der Waals surface area contributed by atoms with E-state index in [1.54, 1.807) is 0 Å². The number of fused-ring (bicyclic) bond motifs is 1. The van der Waals surface area contributed by atoms with Crippen LogP contribution in [0.1, 0.15) is 54.4 Å². The third-order valence-corrected chi connectivity index (χ3v) is 6.43. The van der Waals surface area contributed by atoms with Crippen LogP contribution in [-0.2, 0) is 11.3 Å². The van der Waals surface area contributed by atoms with Crippen LogP contribution in [0, 0.1) is 26.7 Å². The molecule has 0 spiro atoms. The molecule has 1 aliphatic carbocycles. The maximum absolute atomic E-state index is 13.5. The lowest BCUT2D eigenvalue weighted by molar-refractivity contribution is -0.123. The molecule has 156 valence electrons. The zero-order chi connectivity index (χ0) is 21.3. The van der Waals surface area contributed by atoms with E-state index in [1.165, 1.54) is 12.0 Å². The van der Waals surface area contributed by atoms with Gasteiger partial charge in [0.15, 0.2) is 0 Å². The van der Waals surface area contributed by atoms with E-state index in [2.05, 4.69) is 31.0 Å². The smallest absolute Gasteiger partial charge is 0.253 e. The Morgan fingerprint density at radius 3 is 2.47 bits per heavy atom. The quantitative estimate of drug-likeness (QED) is 0.620. The fourth-order valence-electron chi connectivity index (χ4n) is 4.41. The van der Waals surface area contributed by atoms with Crippen molar-refractivity contribution in [3.63, 3.8) is 0 Å². The fraction of sp³-hybridized carbons (Fsp3) is 0.385. The Labute approximate surface area is 177 Å². The standard InChI is InChI=1S/C26H30N2O2/c1-17-9-11-21-15-22(25(29)27-24(21)13-17)16-28(23-12-10-18(2)19(3)14-23)26(30)20-7-5-4-6-8-20/h9-15,20H,4-8,16H2,1-3H3,(H,27,29). The number of carbonyl (C=O) groups excluding carboxylic acids is 1. The van der Waals surface area contributed by atoms with Gasteiger partial charge in [0.05, 0.1) is 6.54 Å². The maximum atomic E-state index is 13.5. The number of rotatable bonds is 4. The Morgan fingerprint density at radius 2 is 1.73 bits per heavy atom. The lowest BCUT2D eigenvalue weighted by Gasteiger charge is -2.30. The number of aromatic nitrogens is 1. The van der Waals surface area contributed by atoms with Gasteiger partial charge in [0, 0.05) is 22.7 Å². The molecule has 0 unspecified atom stereocenters. The molecule has 4 rings (SSSR count). The Hall–Kier alpha value is -2.88. The number of anilines is 1. The molecule has 1 aromatic heterocycles. The Bertz CT molecular complexity index is 1140. The first-order valence-electron chi connectivity index (χ1n) is 10.9. The highest BCUT2D eigenvalue weighted by atomic mass is 16.2. The summed E-state index contributed by atoms with van der Waals surface area (Å²) in [7, 11) is 0. The van der Waals surface area contributed by atoms with Gasteiger partial charge in [-0.1, -0.05) is 37.5 Å². The average Bonchev–Trinajstić information content (AvgIpc) is 2.74. The van der Waals surface area contributed by atoms with E-state index < -0.39 is 0 Å². The normalized spacial score (nSPS) is 14.8. The molecule has 1 N–H and O–H groups in total. The van der Waals surface area contributed by atoms with Crippen molar-refractivity contribution < 1.29 is 4.79 Å². The van der Waals surface area contributed by atoms with Crippen molar-refractivity contribution in [1.29, 1.82) is 0 Å². The number of aromatic amines is 1. The van der Waals surface area contributed by atoms with Crippen molar-refractivity contribution >= 4 is 22.5 Å². The number of nitrogens with zero attached hydrogens (tertiary/aromatic N) is 1. The van der Waals surface area contributed by atoms with Crippen LogP contribution in [0.15, 0.2) is 47.3 Å². The first kappa shape index (κ1) is 20.4. The molecule has 1 amide bonds. The zero-order valence-electron chi connectivity index (χ0n) is 18.1. The number of aryl methyl sites for hydroxylation is 3. The number of H-pyrrole nitrogens is 1. The molecule has 30 heavy (non-hydrogen) atoms. The van der Waals surface area contributed by atoms with Crippen molar-refractivity contribution in [2.75, 3.05) is 4.90 Å². The minimum absolute atomic E-state index is 0.0440. The van der Waals surface area contributed by atoms with E-state index in [0.29, 0.717) is 5.56 Å². The second kappa shape index (κ2) is 8.47. The van der Waals surface area contributed by atoms with Crippen LogP contribution < -0.4 is 10.5 Å². The van der Waals surface area contributed by atoms with Crippen molar-refractivity contribution in [3.8, 4) is 0 Å². The van der Waals surface area contributed by atoms with Crippen LogP contribution in [0.5, 0.6) is 0 Å². The van der Waals surface area contributed by atoms with E-state index in [9.17, 15) is 9.59 Å². The molecule has 2 aromatic carbocycles. The van der Waals surface area contributed by atoms with Crippen LogP contribution in [0.25, 0.3) is 10.9 Å². The van der Waals surface area contributed by atoms with E-state index >= 15 is 0 Å². The monoisotopic (exact) mass is 402 g/mol. The molecule has 3 aromatic rings. The van der Waals surface area contributed by atoms with Gasteiger partial charge in [0.1, 0.15) is 0 Å². The lowest BCUT2D eigenvalue weighted by Crippen LogP contribution is -2.38. The summed E-state index contributed by atoms with van der Waals surface area (Å²) in [4.78, 5) is 31.2. The molecule has 0 atom stereocenters. The summed E-state index contributed by atoms with van der Waals surface area (Å²) in [5.74, 6) is 0.184. The summed E-state index contributed by atoms with van der Waals surface area (Å²) in [6.07, 6.45) is 5.29. The Balaban J connectivity index is 1.73. The molecule has 0 saturated heterocycles. The summed E-state index contributed by atoms with van der Waals surface area (Å²) < 4.78 is 0. The van der Waals surface area contributed by atoms with Crippen LogP contribution >= 0.6 is 0 Å². The van der Waals surface area contributed by atoms with Crippen molar-refractivity contribution in [2.24, 2.45) is 5.92 Å². The summed E-state index contributed by atoms with van der Waals surface area (Å²) in [6, 6.07) is 14.1. The van der Waals surface area contributed by atoms with Gasteiger partial charge in [-0.05, 0) is 80.0 Å². The molecule has 0 radical (unpaired) electrons. The Morgan fingerprint density at radius 1 is 0.967 bits per heavy atom. The van der Waals surface area contributed by atoms with Crippen LogP contribution in [0.3, 0.4) is 0 Å². The van der Waals surface area contributed by atoms with E-state index in [-0.39, 0.29) is 23.9 Å². The summed E-state index contributed by atoms with van der Waals surface area (Å²) in [5.41, 5.74) is 5.65. The predicted molar refractivity (Wildman–Crippen MR) is 123 cm³/mol. The molecule has 0 bridgehead atoms. The minimum Gasteiger partial charge on any atom is -0.322 e. The molecule has 1 heterocycles. The molecule has 4 heteroatoms. The Kier molecular flexibility index (Phi) is 5.76. The van der Waals surface area contributed by atoms with Gasteiger partial charge in [-0.15, -0.1) is 0 Å². The molecular formula is C26H30N2O2. The van der Waals surface area contributed by atoms with Crippen LogP contribution in [0.4, 0.5) is 5.69 Å². The SMILES string of the molecule is Cc1ccc2cc(CN(C(=O)C3CCCCC3)c3ccc(C)c(C)c3)c(=O)[nH]c2c1. The predicted octanol–water partition coefficient (Wildman–Crippen LogP) is 5.57. The average molecular weight is 403 g/mol. The van der Waals surface area contributed by atoms with E-state index in [1.807, 2.05) is 42.2 Å². The number of nitrogens with one attached hydrogen (secondary N) is 1. The first-order chi connectivity index (χ1) is 14.4. The highest BCUT2D eigenvalue weighted by Crippen LogP contribution is 2.29. The second-order valence-electron chi connectivity index (χ2n) is 8.74. The minimum atomic E-state index is -0.127. The largest absolute Gasteiger partial charge is 0.322 e. The number of amides is 1. The second-order valence-corrected chi connectivity index (χ2v) is 8.74. The van der Waals surface area contributed by atoms with Crippen molar-refractivity contribution in [3.05, 3.63) is 75.1 Å². The molecule has 1 fully saturated rings. The number of pyridine rings is 1. The number of carbonyl (C=O) groups is 1. The number of hydrogen-bond acceptors (Lipinski definition) is 2. The van der Waals surface area contributed by atoms with Gasteiger partial charge in [-0.25, -0.2) is 0 Å². The third-order valence-electron chi connectivity index (χ3n) is 6.43. The van der Waals surface area contributed by atoms with Gasteiger partial charge >= 0.3 is 0 Å². The van der Waals surface area contributed by atoms with E-state index in [0.717, 1.165) is 53.4 Å². The highest BCUT2D eigenvalue weighted by Gasteiger charge is 2.28. The van der Waals surface area contributed by atoms with Gasteiger partial charge in [-0.2, -0.15) is 0 Å². The molecule has 1 aliphatic rings. The molecular weight excluding hydrogens is 372 g/mol. The third kappa shape index (κ3) is 4.18. The van der Waals surface area contributed by atoms with Crippen molar-refractivity contribution in [2.45, 2.75) is 59.4 Å². The molecule has 0 aliphatic heterocycles. The molecule has 1 saturated carbocycles. The van der Waals surface area contributed by atoms with Gasteiger partial charge in [-0.3, -0.25) is 9.59 Å². The summed E-state index contributed by atoms with van der Waals surface area (Å²) >= 11 is 0. The topological polar surface area (TPSA) is 53.2 Å². The van der Waals surface area contributed by atoms with Gasteiger partial charge in [0.25, 0.3) is 5.56 Å². The zero-order valence-corrected chi connectivity index (χ0v) is 18.1. The van der Waals surface area contributed by atoms with Gasteiger partial charge < -0.3 is 9.88 Å². The summed E-state index contributed by atoms with van der Waals surface area (Å²) in [6.45, 7) is 6.43. The number of hydrogen-bond donors (Lipinski definition) is 1. The lowest BCUT2D eigenvalue weighted by atomic mass is 9.88. The van der Waals surface area contributed by atoms with Crippen molar-refractivity contribution in [1.82, 2.24) is 4.98 Å². The maximum Gasteiger partial charge on any atom is 0.253 e. The molecule has 4 nitrogen and oxygen atoms in total. The van der Waals surface area contributed by atoms with Crippen LogP contribution in [-0.4, -0.2) is 10.9 Å². The number of benzene rings is 2. The summed E-state index contributed by atoms with van der Waals surface area (Å²) in [5, 5.41) is 0.986. The first-order valence-corrected chi connectivity index (χ1v) is 10.9. The fourth-order valence-corrected chi connectivity index (χ4v) is 4.41. The van der Waals surface area contributed by atoms with E-state index in [4.69, 9.17) is 0 Å². The van der Waals surface area contributed by atoms with Crippen LogP contribution in [0.2, 0.25) is 0 Å². The highest BCUT2D eigenvalue weighted by molar-refractivity contribution is 5.95.